The summed E-state index contributed by atoms with van der Waals surface area (Å²) in [5, 5.41) is 3.26. The number of H-pyrrole nitrogens is 1. The largest absolute Gasteiger partial charge is 0.493 e. The number of carbonyl (C=O) groups excluding carboxylic acids is 1. The quantitative estimate of drug-likeness (QED) is 0.436. The Kier molecular flexibility index (Phi) is 5.71. The number of rotatable bonds is 6. The van der Waals surface area contributed by atoms with Gasteiger partial charge in [-0.05, 0) is 29.8 Å². The van der Waals surface area contributed by atoms with Crippen LogP contribution >= 0.6 is 11.6 Å². The van der Waals surface area contributed by atoms with E-state index in [9.17, 15) is 4.79 Å². The topological polar surface area (TPSA) is 89.1 Å². The number of nitrogens with zero attached hydrogens (tertiary/aromatic N) is 2. The van der Waals surface area contributed by atoms with Crippen LogP contribution in [0.15, 0.2) is 60.8 Å². The predicted octanol–water partition coefficient (Wildman–Crippen LogP) is 4.67. The average molecular weight is 461 g/mol. The number of aromatic nitrogens is 3. The van der Waals surface area contributed by atoms with E-state index in [-0.39, 0.29) is 5.91 Å². The zero-order chi connectivity index (χ0) is 22.8. The molecule has 0 aliphatic carbocycles. The first-order valence-electron chi connectivity index (χ1n) is 10.5. The van der Waals surface area contributed by atoms with Crippen LogP contribution in [0.4, 0.5) is 0 Å². The van der Waals surface area contributed by atoms with E-state index in [0.717, 1.165) is 23.4 Å². The van der Waals surface area contributed by atoms with Crippen molar-refractivity contribution in [2.75, 3.05) is 13.7 Å². The lowest BCUT2D eigenvalue weighted by molar-refractivity contribution is 0.0946. The highest BCUT2D eigenvalue weighted by Crippen LogP contribution is 2.39. The van der Waals surface area contributed by atoms with Crippen molar-refractivity contribution in [1.29, 1.82) is 0 Å². The zero-order valence-corrected chi connectivity index (χ0v) is 18.6. The van der Waals surface area contributed by atoms with Crippen molar-refractivity contribution in [2.24, 2.45) is 0 Å². The van der Waals surface area contributed by atoms with E-state index in [1.165, 1.54) is 0 Å². The minimum Gasteiger partial charge on any atom is -0.493 e. The van der Waals surface area contributed by atoms with Gasteiger partial charge in [0.1, 0.15) is 6.61 Å². The van der Waals surface area contributed by atoms with Gasteiger partial charge in [-0.25, -0.2) is 9.97 Å². The molecule has 2 aromatic carbocycles. The molecule has 2 aromatic heterocycles. The lowest BCUT2D eigenvalue weighted by Gasteiger charge is -2.14. The van der Waals surface area contributed by atoms with Crippen LogP contribution in [0.25, 0.3) is 22.8 Å². The number of nitrogens with one attached hydrogen (secondary N) is 2. The van der Waals surface area contributed by atoms with Gasteiger partial charge in [-0.1, -0.05) is 41.9 Å². The van der Waals surface area contributed by atoms with E-state index in [4.69, 9.17) is 26.1 Å². The molecule has 1 amide bonds. The van der Waals surface area contributed by atoms with Crippen LogP contribution in [0.1, 0.15) is 21.6 Å². The highest BCUT2D eigenvalue weighted by molar-refractivity contribution is 6.32. The van der Waals surface area contributed by atoms with Gasteiger partial charge in [0.15, 0.2) is 17.3 Å². The van der Waals surface area contributed by atoms with Crippen LogP contribution in [0.5, 0.6) is 11.5 Å². The second-order valence-electron chi connectivity index (χ2n) is 7.61. The Morgan fingerprint density at radius 3 is 2.76 bits per heavy atom. The van der Waals surface area contributed by atoms with Crippen molar-refractivity contribution in [3.05, 3.63) is 82.6 Å². The van der Waals surface area contributed by atoms with Gasteiger partial charge in [0, 0.05) is 30.4 Å². The summed E-state index contributed by atoms with van der Waals surface area (Å²) in [6.45, 7) is 0.991. The third-order valence-electron chi connectivity index (χ3n) is 5.45. The molecular formula is C25H21ClN4O3. The molecule has 0 fully saturated rings. The number of hydrogen-bond donors (Lipinski definition) is 2. The minimum atomic E-state index is -0.0735. The standard InChI is InChI=1S/C25H21ClN4O3/c1-32-22-12-16(11-18(26)23(22)33-14-15-5-3-2-4-6-15)24-27-9-8-20(30-24)21-13-17-19(29-21)7-10-28-25(17)31/h2-6,8-9,11-13,29H,7,10,14H2,1H3,(H,28,31). The van der Waals surface area contributed by atoms with Crippen molar-refractivity contribution in [3.63, 3.8) is 0 Å². The van der Waals surface area contributed by atoms with Crippen LogP contribution in [0.3, 0.4) is 0 Å². The number of carbonyl (C=O) groups is 1. The molecule has 1 aliphatic rings. The maximum absolute atomic E-state index is 12.1. The molecule has 0 atom stereocenters. The van der Waals surface area contributed by atoms with Crippen LogP contribution < -0.4 is 14.8 Å². The first-order valence-corrected chi connectivity index (χ1v) is 10.9. The smallest absolute Gasteiger partial charge is 0.253 e. The molecule has 33 heavy (non-hydrogen) atoms. The summed E-state index contributed by atoms with van der Waals surface area (Å²) in [6.07, 6.45) is 2.44. The Bertz CT molecular complexity index is 1320. The first-order chi connectivity index (χ1) is 16.1. The van der Waals surface area contributed by atoms with E-state index < -0.39 is 0 Å². The summed E-state index contributed by atoms with van der Waals surface area (Å²) < 4.78 is 11.5. The van der Waals surface area contributed by atoms with Crippen LogP contribution in [0.2, 0.25) is 5.02 Å². The molecule has 4 aromatic rings. The zero-order valence-electron chi connectivity index (χ0n) is 17.9. The maximum atomic E-state index is 12.1. The SMILES string of the molecule is COc1cc(-c2nccc(-c3cc4c([nH]3)CCNC4=O)n2)cc(Cl)c1OCc1ccccc1. The molecule has 0 saturated heterocycles. The average Bonchev–Trinajstić information content (AvgIpc) is 3.29. The molecular weight excluding hydrogens is 440 g/mol. The fraction of sp³-hybridized carbons (Fsp3) is 0.160. The van der Waals surface area contributed by atoms with E-state index in [2.05, 4.69) is 15.3 Å². The summed E-state index contributed by atoms with van der Waals surface area (Å²) in [4.78, 5) is 24.5. The molecule has 0 bridgehead atoms. The van der Waals surface area contributed by atoms with E-state index in [1.807, 2.05) is 36.4 Å². The number of halogens is 1. The van der Waals surface area contributed by atoms with Crippen molar-refractivity contribution >= 4 is 17.5 Å². The normalized spacial score (nSPS) is 12.7. The van der Waals surface area contributed by atoms with Crippen LogP contribution in [-0.4, -0.2) is 34.5 Å². The molecule has 1 aliphatic heterocycles. The molecule has 7 nitrogen and oxygen atoms in total. The van der Waals surface area contributed by atoms with Gasteiger partial charge in [0.05, 0.1) is 29.1 Å². The first kappa shape index (κ1) is 21.0. The Morgan fingerprint density at radius 2 is 1.97 bits per heavy atom. The fourth-order valence-corrected chi connectivity index (χ4v) is 4.06. The lowest BCUT2D eigenvalue weighted by Crippen LogP contribution is -2.31. The number of aromatic amines is 1. The molecule has 0 saturated carbocycles. The summed E-state index contributed by atoms with van der Waals surface area (Å²) in [5.74, 6) is 1.37. The van der Waals surface area contributed by atoms with Gasteiger partial charge in [-0.3, -0.25) is 4.79 Å². The number of methoxy groups -OCH3 is 1. The van der Waals surface area contributed by atoms with Gasteiger partial charge < -0.3 is 19.8 Å². The summed E-state index contributed by atoms with van der Waals surface area (Å²) in [6, 6.07) is 17.0. The minimum absolute atomic E-state index is 0.0735. The van der Waals surface area contributed by atoms with Gasteiger partial charge >= 0.3 is 0 Å². The molecule has 0 unspecified atom stereocenters. The lowest BCUT2D eigenvalue weighted by atomic mass is 10.1. The van der Waals surface area contributed by atoms with E-state index >= 15 is 0 Å². The summed E-state index contributed by atoms with van der Waals surface area (Å²) >= 11 is 6.56. The number of benzene rings is 2. The highest BCUT2D eigenvalue weighted by Gasteiger charge is 2.21. The monoisotopic (exact) mass is 460 g/mol. The second kappa shape index (κ2) is 8.96. The van der Waals surface area contributed by atoms with Gasteiger partial charge in [-0.2, -0.15) is 0 Å². The predicted molar refractivity (Wildman–Crippen MR) is 126 cm³/mol. The summed E-state index contributed by atoms with van der Waals surface area (Å²) in [7, 11) is 1.57. The molecule has 8 heteroatoms. The van der Waals surface area contributed by atoms with Crippen molar-refractivity contribution in [2.45, 2.75) is 13.0 Å². The molecule has 0 radical (unpaired) electrons. The number of hydrogen-bond acceptors (Lipinski definition) is 5. The number of fused-ring (bicyclic) bond motifs is 1. The molecule has 3 heterocycles. The fourth-order valence-electron chi connectivity index (χ4n) is 3.80. The second-order valence-corrected chi connectivity index (χ2v) is 8.02. The Hall–Kier alpha value is -3.84. The third kappa shape index (κ3) is 4.27. The Balaban J connectivity index is 1.45. The molecule has 2 N–H and O–H groups in total. The van der Waals surface area contributed by atoms with Crippen molar-refractivity contribution in [3.8, 4) is 34.3 Å². The van der Waals surface area contributed by atoms with Gasteiger partial charge in [-0.15, -0.1) is 0 Å². The van der Waals surface area contributed by atoms with Crippen molar-refractivity contribution in [1.82, 2.24) is 20.3 Å². The highest BCUT2D eigenvalue weighted by atomic mass is 35.5. The van der Waals surface area contributed by atoms with Gasteiger partial charge in [0.2, 0.25) is 0 Å². The van der Waals surface area contributed by atoms with Crippen LogP contribution in [0, 0.1) is 0 Å². The van der Waals surface area contributed by atoms with Crippen LogP contribution in [-0.2, 0) is 13.0 Å². The molecule has 0 spiro atoms. The maximum Gasteiger partial charge on any atom is 0.253 e. The Labute approximate surface area is 195 Å². The van der Waals surface area contributed by atoms with E-state index in [1.54, 1.807) is 31.5 Å². The molecule has 166 valence electrons. The third-order valence-corrected chi connectivity index (χ3v) is 5.73. The number of ether oxygens (including phenoxy) is 2. The molecule has 5 rings (SSSR count). The Morgan fingerprint density at radius 1 is 1.12 bits per heavy atom. The number of amides is 1. The van der Waals surface area contributed by atoms with E-state index in [0.29, 0.717) is 52.3 Å². The summed E-state index contributed by atoms with van der Waals surface area (Å²) in [5.41, 5.74) is 4.74. The van der Waals surface area contributed by atoms with Gasteiger partial charge in [0.25, 0.3) is 5.91 Å². The van der Waals surface area contributed by atoms with Crippen molar-refractivity contribution < 1.29 is 14.3 Å².